The van der Waals surface area contributed by atoms with Crippen LogP contribution in [0.3, 0.4) is 0 Å². The zero-order valence-corrected chi connectivity index (χ0v) is 9.07. The van der Waals surface area contributed by atoms with Crippen molar-refractivity contribution in [2.24, 2.45) is 0 Å². The molecule has 1 atom stereocenters. The van der Waals surface area contributed by atoms with Gasteiger partial charge in [-0.05, 0) is 31.5 Å². The first-order valence-corrected chi connectivity index (χ1v) is 5.75. The summed E-state index contributed by atoms with van der Waals surface area (Å²) >= 11 is 0. The van der Waals surface area contributed by atoms with Crippen LogP contribution in [0.1, 0.15) is 12.8 Å². The molecule has 0 bridgehead atoms. The number of oxazole rings is 1. The van der Waals surface area contributed by atoms with Gasteiger partial charge in [-0.3, -0.25) is 0 Å². The monoisotopic (exact) mass is 217 g/mol. The fraction of sp³-hybridized carbons (Fsp3) is 0.417. The van der Waals surface area contributed by atoms with Crippen molar-refractivity contribution in [3.63, 3.8) is 0 Å². The van der Waals surface area contributed by atoms with E-state index in [1.807, 2.05) is 24.3 Å². The molecule has 2 aromatic rings. The second kappa shape index (κ2) is 4.14. The Morgan fingerprint density at radius 3 is 3.19 bits per heavy atom. The molecule has 2 heterocycles. The van der Waals surface area contributed by atoms with Crippen molar-refractivity contribution in [3.05, 3.63) is 24.3 Å². The maximum Gasteiger partial charge on any atom is 0.295 e. The first-order valence-electron chi connectivity index (χ1n) is 5.75. The van der Waals surface area contributed by atoms with E-state index in [9.17, 15) is 0 Å². The molecule has 0 radical (unpaired) electrons. The second-order valence-corrected chi connectivity index (χ2v) is 4.16. The van der Waals surface area contributed by atoms with Crippen LogP contribution < -0.4 is 10.6 Å². The first-order chi connectivity index (χ1) is 7.92. The molecule has 1 aliphatic heterocycles. The van der Waals surface area contributed by atoms with Gasteiger partial charge in [-0.1, -0.05) is 12.1 Å². The zero-order valence-electron chi connectivity index (χ0n) is 9.07. The number of nitrogens with zero attached hydrogens (tertiary/aromatic N) is 1. The summed E-state index contributed by atoms with van der Waals surface area (Å²) < 4.78 is 5.58. The van der Waals surface area contributed by atoms with Crippen LogP contribution in [0.4, 0.5) is 6.01 Å². The highest BCUT2D eigenvalue weighted by atomic mass is 16.4. The van der Waals surface area contributed by atoms with Crippen LogP contribution >= 0.6 is 0 Å². The molecule has 1 saturated heterocycles. The lowest BCUT2D eigenvalue weighted by molar-refractivity contribution is 0.585. The van der Waals surface area contributed by atoms with Crippen molar-refractivity contribution in [1.82, 2.24) is 10.3 Å². The Hall–Kier alpha value is -1.55. The van der Waals surface area contributed by atoms with E-state index in [4.69, 9.17) is 4.42 Å². The summed E-state index contributed by atoms with van der Waals surface area (Å²) in [5, 5.41) is 6.66. The quantitative estimate of drug-likeness (QED) is 0.825. The van der Waals surface area contributed by atoms with E-state index in [1.54, 1.807) is 0 Å². The molecule has 0 saturated carbocycles. The van der Waals surface area contributed by atoms with Crippen LogP contribution in [0.15, 0.2) is 28.7 Å². The number of para-hydroxylation sites is 2. The van der Waals surface area contributed by atoms with Crippen LogP contribution in [-0.4, -0.2) is 24.1 Å². The fourth-order valence-corrected chi connectivity index (χ4v) is 2.09. The smallest absolute Gasteiger partial charge is 0.295 e. The average Bonchev–Trinajstić information content (AvgIpc) is 2.95. The summed E-state index contributed by atoms with van der Waals surface area (Å²) in [5.41, 5.74) is 1.74. The van der Waals surface area contributed by atoms with Crippen molar-refractivity contribution < 1.29 is 4.42 Å². The molecule has 0 spiro atoms. The molecule has 2 N–H and O–H groups in total. The van der Waals surface area contributed by atoms with Gasteiger partial charge in [0.25, 0.3) is 6.01 Å². The maximum atomic E-state index is 5.58. The van der Waals surface area contributed by atoms with E-state index in [2.05, 4.69) is 15.6 Å². The molecule has 3 rings (SSSR count). The van der Waals surface area contributed by atoms with Crippen LogP contribution in [-0.2, 0) is 0 Å². The number of rotatable bonds is 3. The molecule has 1 aromatic heterocycles. The number of hydrogen-bond acceptors (Lipinski definition) is 4. The molecule has 0 aliphatic carbocycles. The van der Waals surface area contributed by atoms with Crippen LogP contribution in [0.5, 0.6) is 0 Å². The number of benzene rings is 1. The Balaban J connectivity index is 1.69. The fourth-order valence-electron chi connectivity index (χ4n) is 2.09. The van der Waals surface area contributed by atoms with Crippen molar-refractivity contribution >= 4 is 17.1 Å². The molecule has 1 aliphatic rings. The molecule has 4 heteroatoms. The third kappa shape index (κ3) is 1.88. The van der Waals surface area contributed by atoms with Crippen molar-refractivity contribution in [1.29, 1.82) is 0 Å². The highest BCUT2D eigenvalue weighted by Crippen LogP contribution is 2.18. The number of aromatic nitrogens is 1. The van der Waals surface area contributed by atoms with E-state index in [-0.39, 0.29) is 0 Å². The number of hydrogen-bond donors (Lipinski definition) is 2. The second-order valence-electron chi connectivity index (χ2n) is 4.16. The molecule has 0 amide bonds. The highest BCUT2D eigenvalue weighted by molar-refractivity contribution is 5.74. The lowest BCUT2D eigenvalue weighted by Gasteiger charge is -2.09. The van der Waals surface area contributed by atoms with Gasteiger partial charge in [0.2, 0.25) is 0 Å². The molecular formula is C12H15N3O. The Kier molecular flexibility index (Phi) is 2.50. The van der Waals surface area contributed by atoms with Gasteiger partial charge in [0.05, 0.1) is 0 Å². The van der Waals surface area contributed by atoms with Gasteiger partial charge in [-0.2, -0.15) is 4.98 Å². The molecule has 16 heavy (non-hydrogen) atoms. The number of anilines is 1. The van der Waals surface area contributed by atoms with Gasteiger partial charge >= 0.3 is 0 Å². The molecule has 84 valence electrons. The minimum atomic E-state index is 0.551. The molecule has 1 fully saturated rings. The number of fused-ring (bicyclic) bond motifs is 1. The predicted molar refractivity (Wildman–Crippen MR) is 63.5 cm³/mol. The van der Waals surface area contributed by atoms with Crippen LogP contribution in [0, 0.1) is 0 Å². The first kappa shape index (κ1) is 9.66. The Morgan fingerprint density at radius 2 is 2.38 bits per heavy atom. The van der Waals surface area contributed by atoms with Crippen LogP contribution in [0.25, 0.3) is 11.1 Å². The molecule has 4 nitrogen and oxygen atoms in total. The van der Waals surface area contributed by atoms with Crippen molar-refractivity contribution in [3.8, 4) is 0 Å². The average molecular weight is 217 g/mol. The van der Waals surface area contributed by atoms with E-state index < -0.39 is 0 Å². The van der Waals surface area contributed by atoms with E-state index in [0.29, 0.717) is 12.1 Å². The maximum absolute atomic E-state index is 5.58. The van der Waals surface area contributed by atoms with E-state index >= 15 is 0 Å². The lowest BCUT2D eigenvalue weighted by atomic mass is 10.2. The summed E-state index contributed by atoms with van der Waals surface area (Å²) in [4.78, 5) is 4.37. The van der Waals surface area contributed by atoms with E-state index in [1.165, 1.54) is 12.8 Å². The van der Waals surface area contributed by atoms with Gasteiger partial charge in [0.15, 0.2) is 5.58 Å². The summed E-state index contributed by atoms with van der Waals surface area (Å²) in [6.45, 7) is 2.01. The summed E-state index contributed by atoms with van der Waals surface area (Å²) in [5.74, 6) is 0. The number of nitrogens with one attached hydrogen (secondary N) is 2. The summed E-state index contributed by atoms with van der Waals surface area (Å²) in [6.07, 6.45) is 2.49. The summed E-state index contributed by atoms with van der Waals surface area (Å²) in [6, 6.07) is 8.98. The minimum absolute atomic E-state index is 0.551. The molecule has 1 aromatic carbocycles. The van der Waals surface area contributed by atoms with Crippen molar-refractivity contribution in [2.75, 3.05) is 18.4 Å². The van der Waals surface area contributed by atoms with Gasteiger partial charge in [0.1, 0.15) is 5.52 Å². The standard InChI is InChI=1S/C12H15N3O/c1-2-6-11-10(5-1)15-12(16-11)14-8-9-4-3-7-13-9/h1-2,5-6,9,13H,3-4,7-8H2,(H,14,15). The third-order valence-electron chi connectivity index (χ3n) is 2.96. The molecular weight excluding hydrogens is 202 g/mol. The third-order valence-corrected chi connectivity index (χ3v) is 2.96. The minimum Gasteiger partial charge on any atom is -0.424 e. The normalized spacial score (nSPS) is 20.4. The Labute approximate surface area is 94.0 Å². The van der Waals surface area contributed by atoms with Gasteiger partial charge < -0.3 is 15.1 Å². The lowest BCUT2D eigenvalue weighted by Crippen LogP contribution is -2.29. The Morgan fingerprint density at radius 1 is 1.44 bits per heavy atom. The SMILES string of the molecule is c1ccc2oc(NCC3CCCN3)nc2c1. The predicted octanol–water partition coefficient (Wildman–Crippen LogP) is 1.99. The summed E-state index contributed by atoms with van der Waals surface area (Å²) in [7, 11) is 0. The topological polar surface area (TPSA) is 50.1 Å². The Bertz CT molecular complexity index is 441. The highest BCUT2D eigenvalue weighted by Gasteiger charge is 2.14. The molecule has 1 unspecified atom stereocenters. The van der Waals surface area contributed by atoms with Gasteiger partial charge in [0, 0.05) is 12.6 Å². The zero-order chi connectivity index (χ0) is 10.8. The van der Waals surface area contributed by atoms with Crippen molar-refractivity contribution in [2.45, 2.75) is 18.9 Å². The van der Waals surface area contributed by atoms with Gasteiger partial charge in [-0.25, -0.2) is 0 Å². The van der Waals surface area contributed by atoms with E-state index in [0.717, 1.165) is 24.2 Å². The van der Waals surface area contributed by atoms with Gasteiger partial charge in [-0.15, -0.1) is 0 Å². The van der Waals surface area contributed by atoms with Crippen LogP contribution in [0.2, 0.25) is 0 Å². The largest absolute Gasteiger partial charge is 0.424 e.